The van der Waals surface area contributed by atoms with Gasteiger partial charge in [0.15, 0.2) is 0 Å². The average molecular weight is 577 g/mol. The van der Waals surface area contributed by atoms with E-state index in [-0.39, 0.29) is 16.5 Å². The van der Waals surface area contributed by atoms with Gasteiger partial charge in [0.05, 0.1) is 16.8 Å². The molecule has 1 unspecified atom stereocenters. The van der Waals surface area contributed by atoms with Crippen molar-refractivity contribution in [2.45, 2.75) is 26.5 Å². The minimum atomic E-state index is -0.805. The maximum atomic E-state index is 12.7. The number of halogens is 3. The highest BCUT2D eigenvalue weighted by Gasteiger charge is 2.25. The number of hydrogen-bond donors (Lipinski definition) is 2. The van der Waals surface area contributed by atoms with Crippen LogP contribution in [0.1, 0.15) is 35.3 Å². The van der Waals surface area contributed by atoms with Crippen molar-refractivity contribution in [1.82, 2.24) is 10.7 Å². The van der Waals surface area contributed by atoms with E-state index < -0.39 is 17.9 Å². The maximum Gasteiger partial charge on any atom is 0.262 e. The normalized spacial score (nSPS) is 11.9. The number of hydrogen-bond acceptors (Lipinski definition) is 4. The SMILES string of the molecule is CC(C)C(NC(=O)c1ccc(Cl)cc1Cl)C(=O)N/N=C/c1ccc(OCc2ccc(Br)cc2)cc1. The van der Waals surface area contributed by atoms with Gasteiger partial charge in [-0.15, -0.1) is 0 Å². The molecule has 0 heterocycles. The Kier molecular flexibility index (Phi) is 9.72. The highest BCUT2D eigenvalue weighted by Crippen LogP contribution is 2.21. The fourth-order valence-corrected chi connectivity index (χ4v) is 3.82. The molecule has 0 aliphatic heterocycles. The molecule has 0 aliphatic carbocycles. The van der Waals surface area contributed by atoms with Crippen LogP contribution in [0, 0.1) is 5.92 Å². The summed E-state index contributed by atoms with van der Waals surface area (Å²) in [6.07, 6.45) is 1.52. The van der Waals surface area contributed by atoms with Gasteiger partial charge in [-0.2, -0.15) is 5.10 Å². The minimum absolute atomic E-state index is 0.178. The van der Waals surface area contributed by atoms with Crippen molar-refractivity contribution in [1.29, 1.82) is 0 Å². The molecule has 0 aliphatic rings. The Morgan fingerprint density at radius 2 is 1.71 bits per heavy atom. The number of rotatable bonds is 9. The molecular formula is C26H24BrCl2N3O3. The van der Waals surface area contributed by atoms with Gasteiger partial charge < -0.3 is 10.1 Å². The first kappa shape index (κ1) is 26.7. The van der Waals surface area contributed by atoms with E-state index >= 15 is 0 Å². The van der Waals surface area contributed by atoms with E-state index in [9.17, 15) is 9.59 Å². The highest BCUT2D eigenvalue weighted by molar-refractivity contribution is 9.10. The van der Waals surface area contributed by atoms with Crippen molar-refractivity contribution in [3.63, 3.8) is 0 Å². The molecule has 1 atom stereocenters. The number of amides is 2. The van der Waals surface area contributed by atoms with Crippen LogP contribution in [0.15, 0.2) is 76.3 Å². The summed E-state index contributed by atoms with van der Waals surface area (Å²) < 4.78 is 6.81. The monoisotopic (exact) mass is 575 g/mol. The van der Waals surface area contributed by atoms with Crippen molar-refractivity contribution in [3.8, 4) is 5.75 Å². The fourth-order valence-electron chi connectivity index (χ4n) is 3.06. The minimum Gasteiger partial charge on any atom is -0.489 e. The smallest absolute Gasteiger partial charge is 0.262 e. The average Bonchev–Trinajstić information content (AvgIpc) is 2.82. The summed E-state index contributed by atoms with van der Waals surface area (Å²) in [4.78, 5) is 25.3. The van der Waals surface area contributed by atoms with Crippen molar-refractivity contribution < 1.29 is 14.3 Å². The molecule has 3 aromatic rings. The van der Waals surface area contributed by atoms with Crippen LogP contribution in [0.2, 0.25) is 10.0 Å². The quantitative estimate of drug-likeness (QED) is 0.234. The first-order chi connectivity index (χ1) is 16.7. The summed E-state index contributed by atoms with van der Waals surface area (Å²) in [5.74, 6) is -0.368. The third-order valence-corrected chi connectivity index (χ3v) is 6.08. The molecule has 0 bridgehead atoms. The molecule has 6 nitrogen and oxygen atoms in total. The van der Waals surface area contributed by atoms with Gasteiger partial charge in [-0.05, 0) is 71.6 Å². The molecule has 182 valence electrons. The second-order valence-electron chi connectivity index (χ2n) is 8.04. The lowest BCUT2D eigenvalue weighted by molar-refractivity contribution is -0.123. The molecule has 3 aromatic carbocycles. The number of hydrazone groups is 1. The predicted molar refractivity (Wildman–Crippen MR) is 143 cm³/mol. The van der Waals surface area contributed by atoms with Crippen molar-refractivity contribution in [2.75, 3.05) is 0 Å². The zero-order valence-corrected chi connectivity index (χ0v) is 22.2. The fraction of sp³-hybridized carbons (Fsp3) is 0.192. The second kappa shape index (κ2) is 12.7. The first-order valence-corrected chi connectivity index (χ1v) is 12.3. The van der Waals surface area contributed by atoms with Gasteiger partial charge in [-0.1, -0.05) is 65.1 Å². The zero-order chi connectivity index (χ0) is 25.4. The first-order valence-electron chi connectivity index (χ1n) is 10.8. The number of ether oxygens (including phenoxy) is 1. The highest BCUT2D eigenvalue weighted by atomic mass is 79.9. The lowest BCUT2D eigenvalue weighted by Gasteiger charge is -2.20. The van der Waals surface area contributed by atoms with Crippen LogP contribution in [0.4, 0.5) is 0 Å². The molecular weight excluding hydrogens is 553 g/mol. The van der Waals surface area contributed by atoms with E-state index in [0.29, 0.717) is 11.6 Å². The van der Waals surface area contributed by atoms with Crippen LogP contribution in [0.25, 0.3) is 0 Å². The number of carbonyl (C=O) groups excluding carboxylic acids is 2. The van der Waals surface area contributed by atoms with Crippen LogP contribution < -0.4 is 15.5 Å². The molecule has 0 saturated heterocycles. The van der Waals surface area contributed by atoms with Gasteiger partial charge in [0, 0.05) is 9.50 Å². The van der Waals surface area contributed by atoms with Crippen molar-refractivity contribution >= 4 is 57.2 Å². The molecule has 2 N–H and O–H groups in total. The molecule has 0 aromatic heterocycles. The Morgan fingerprint density at radius 3 is 2.34 bits per heavy atom. The number of carbonyl (C=O) groups is 2. The third-order valence-electron chi connectivity index (χ3n) is 5.00. The standard InChI is InChI=1S/C26H24BrCl2N3O3/c1-16(2)24(31-25(33)22-12-9-20(28)13-23(22)29)26(34)32-30-14-17-5-10-21(11-6-17)35-15-18-3-7-19(27)8-4-18/h3-14,16,24H,15H2,1-2H3,(H,31,33)(H,32,34)/b30-14+. The Hall–Kier alpha value is -2.87. The van der Waals surface area contributed by atoms with Gasteiger partial charge >= 0.3 is 0 Å². The Bertz CT molecular complexity index is 1200. The van der Waals surface area contributed by atoms with E-state index in [1.54, 1.807) is 6.07 Å². The van der Waals surface area contributed by atoms with Crippen LogP contribution >= 0.6 is 39.1 Å². The third kappa shape index (κ3) is 8.09. The van der Waals surface area contributed by atoms with Gasteiger partial charge in [-0.25, -0.2) is 5.43 Å². The van der Waals surface area contributed by atoms with Crippen LogP contribution in [-0.4, -0.2) is 24.1 Å². The van der Waals surface area contributed by atoms with Crippen LogP contribution in [-0.2, 0) is 11.4 Å². The predicted octanol–water partition coefficient (Wildman–Crippen LogP) is 6.24. The van der Waals surface area contributed by atoms with E-state index in [4.69, 9.17) is 27.9 Å². The van der Waals surface area contributed by atoms with Gasteiger partial charge in [0.25, 0.3) is 11.8 Å². The zero-order valence-electron chi connectivity index (χ0n) is 19.1. The number of nitrogens with zero attached hydrogens (tertiary/aromatic N) is 1. The van der Waals surface area contributed by atoms with E-state index in [1.807, 2.05) is 62.4 Å². The summed E-state index contributed by atoms with van der Waals surface area (Å²) in [5, 5.41) is 7.36. The van der Waals surface area contributed by atoms with E-state index in [2.05, 4.69) is 31.8 Å². The second-order valence-corrected chi connectivity index (χ2v) is 9.80. The van der Waals surface area contributed by atoms with E-state index in [1.165, 1.54) is 18.3 Å². The molecule has 0 radical (unpaired) electrons. The van der Waals surface area contributed by atoms with Crippen LogP contribution in [0.5, 0.6) is 5.75 Å². The van der Waals surface area contributed by atoms with Gasteiger partial charge in [0.2, 0.25) is 0 Å². The maximum absolute atomic E-state index is 12.7. The lowest BCUT2D eigenvalue weighted by atomic mass is 10.0. The lowest BCUT2D eigenvalue weighted by Crippen LogP contribution is -2.48. The summed E-state index contributed by atoms with van der Waals surface area (Å²) >= 11 is 15.4. The molecule has 2 amide bonds. The van der Waals surface area contributed by atoms with Crippen LogP contribution in [0.3, 0.4) is 0 Å². The molecule has 35 heavy (non-hydrogen) atoms. The molecule has 0 saturated carbocycles. The Balaban J connectivity index is 1.54. The molecule has 0 spiro atoms. The number of benzene rings is 3. The molecule has 3 rings (SSSR count). The van der Waals surface area contributed by atoms with Gasteiger partial charge in [0.1, 0.15) is 18.4 Å². The Labute approximate surface area is 222 Å². The molecule has 9 heteroatoms. The molecule has 0 fully saturated rings. The largest absolute Gasteiger partial charge is 0.489 e. The topological polar surface area (TPSA) is 79.8 Å². The van der Waals surface area contributed by atoms with Crippen molar-refractivity contribution in [2.24, 2.45) is 11.0 Å². The summed E-state index contributed by atoms with van der Waals surface area (Å²) in [6, 6.07) is 19.0. The van der Waals surface area contributed by atoms with E-state index in [0.717, 1.165) is 21.3 Å². The Morgan fingerprint density at radius 1 is 1.03 bits per heavy atom. The summed E-state index contributed by atoms with van der Waals surface area (Å²) in [6.45, 7) is 4.11. The van der Waals surface area contributed by atoms with Gasteiger partial charge in [-0.3, -0.25) is 9.59 Å². The summed E-state index contributed by atoms with van der Waals surface area (Å²) in [5.41, 5.74) is 4.56. The number of nitrogens with one attached hydrogen (secondary N) is 2. The summed E-state index contributed by atoms with van der Waals surface area (Å²) in [7, 11) is 0. The van der Waals surface area contributed by atoms with Crippen molar-refractivity contribution in [3.05, 3.63) is 97.9 Å².